The summed E-state index contributed by atoms with van der Waals surface area (Å²) in [5.41, 5.74) is 1.33. The number of thiocarbonyl (C=S) groups is 1. The molecule has 0 spiro atoms. The summed E-state index contributed by atoms with van der Waals surface area (Å²) < 4.78 is 24.1. The van der Waals surface area contributed by atoms with Crippen molar-refractivity contribution >= 4 is 38.7 Å². The maximum absolute atomic E-state index is 11.4. The number of anilines is 2. The second-order valence-electron chi connectivity index (χ2n) is 3.77. The molecule has 0 fully saturated rings. The van der Waals surface area contributed by atoms with Crippen molar-refractivity contribution in [3.8, 4) is 0 Å². The molecular weight excluding hydrogens is 270 g/mol. The van der Waals surface area contributed by atoms with Gasteiger partial charge in [0.25, 0.3) is 0 Å². The molecule has 0 heterocycles. The third kappa shape index (κ3) is 4.15. The third-order valence-electron chi connectivity index (χ3n) is 2.30. The summed E-state index contributed by atoms with van der Waals surface area (Å²) in [5, 5.41) is 6.46. The summed E-state index contributed by atoms with van der Waals surface area (Å²) in [6.07, 6.45) is 1.16. The van der Waals surface area contributed by atoms with Gasteiger partial charge in [0.1, 0.15) is 0 Å². The number of sulfonamides is 1. The molecule has 0 aliphatic carbocycles. The molecule has 7 heteroatoms. The normalized spacial score (nSPS) is 10.8. The molecule has 1 aromatic carbocycles. The molecule has 0 saturated heterocycles. The molecule has 0 radical (unpaired) electrons. The predicted octanol–water partition coefficient (Wildman–Crippen LogP) is 1.39. The van der Waals surface area contributed by atoms with Crippen molar-refractivity contribution in [2.75, 3.05) is 29.5 Å². The molecule has 1 aromatic rings. The van der Waals surface area contributed by atoms with Crippen molar-refractivity contribution in [2.45, 2.75) is 6.92 Å². The SMILES string of the molecule is CCNC(=S)Nc1cccc(N(C)S(C)(=O)=O)c1. The smallest absolute Gasteiger partial charge is 0.231 e. The first-order chi connectivity index (χ1) is 8.34. The zero-order valence-corrected chi connectivity index (χ0v) is 12.2. The Hall–Kier alpha value is -1.34. The van der Waals surface area contributed by atoms with E-state index in [1.54, 1.807) is 18.2 Å². The molecule has 0 bridgehead atoms. The van der Waals surface area contributed by atoms with E-state index in [0.29, 0.717) is 10.8 Å². The van der Waals surface area contributed by atoms with E-state index in [4.69, 9.17) is 12.2 Å². The Labute approximate surface area is 113 Å². The highest BCUT2D eigenvalue weighted by Gasteiger charge is 2.12. The highest BCUT2D eigenvalue weighted by Crippen LogP contribution is 2.20. The molecule has 0 unspecified atom stereocenters. The number of nitrogens with zero attached hydrogens (tertiary/aromatic N) is 1. The van der Waals surface area contributed by atoms with Gasteiger partial charge in [-0.15, -0.1) is 0 Å². The van der Waals surface area contributed by atoms with E-state index in [2.05, 4.69) is 10.6 Å². The first-order valence-electron chi connectivity index (χ1n) is 5.43. The fourth-order valence-corrected chi connectivity index (χ4v) is 2.07. The number of hydrogen-bond acceptors (Lipinski definition) is 3. The zero-order chi connectivity index (χ0) is 13.8. The standard InChI is InChI=1S/C11H17N3O2S2/c1-4-12-11(17)13-9-6-5-7-10(8-9)14(2)18(3,15)16/h5-8H,4H2,1-3H3,(H2,12,13,17). The van der Waals surface area contributed by atoms with E-state index in [1.165, 1.54) is 11.4 Å². The van der Waals surface area contributed by atoms with Gasteiger partial charge in [0.15, 0.2) is 5.11 Å². The molecule has 0 aromatic heterocycles. The van der Waals surface area contributed by atoms with Crippen LogP contribution < -0.4 is 14.9 Å². The molecular formula is C11H17N3O2S2. The largest absolute Gasteiger partial charge is 0.363 e. The van der Waals surface area contributed by atoms with Crippen molar-refractivity contribution in [2.24, 2.45) is 0 Å². The van der Waals surface area contributed by atoms with Crippen molar-refractivity contribution in [3.63, 3.8) is 0 Å². The molecule has 0 aliphatic rings. The van der Waals surface area contributed by atoms with E-state index in [1.807, 2.05) is 13.0 Å². The lowest BCUT2D eigenvalue weighted by molar-refractivity contribution is 0.600. The van der Waals surface area contributed by atoms with Crippen LogP contribution in [0, 0.1) is 0 Å². The van der Waals surface area contributed by atoms with Gasteiger partial charge in [-0.1, -0.05) is 6.07 Å². The van der Waals surface area contributed by atoms with Crippen LogP contribution in [0.15, 0.2) is 24.3 Å². The third-order valence-corrected chi connectivity index (χ3v) is 3.75. The van der Waals surface area contributed by atoms with Gasteiger partial charge >= 0.3 is 0 Å². The molecule has 0 atom stereocenters. The number of rotatable bonds is 4. The van der Waals surface area contributed by atoms with Gasteiger partial charge in [-0.2, -0.15) is 0 Å². The molecule has 1 rings (SSSR count). The maximum Gasteiger partial charge on any atom is 0.231 e. The molecule has 18 heavy (non-hydrogen) atoms. The van der Waals surface area contributed by atoms with Gasteiger partial charge in [-0.25, -0.2) is 8.42 Å². The minimum absolute atomic E-state index is 0.511. The van der Waals surface area contributed by atoms with Gasteiger partial charge in [-0.3, -0.25) is 4.31 Å². The van der Waals surface area contributed by atoms with E-state index in [9.17, 15) is 8.42 Å². The minimum Gasteiger partial charge on any atom is -0.363 e. The second kappa shape index (κ2) is 6.01. The first-order valence-corrected chi connectivity index (χ1v) is 7.69. The predicted molar refractivity (Wildman–Crippen MR) is 79.6 cm³/mol. The second-order valence-corrected chi connectivity index (χ2v) is 6.19. The lowest BCUT2D eigenvalue weighted by atomic mass is 10.3. The summed E-state index contributed by atoms with van der Waals surface area (Å²) in [7, 11) is -1.74. The summed E-state index contributed by atoms with van der Waals surface area (Å²) >= 11 is 5.06. The van der Waals surface area contributed by atoms with Gasteiger partial charge in [0.05, 0.1) is 11.9 Å². The molecule has 2 N–H and O–H groups in total. The highest BCUT2D eigenvalue weighted by molar-refractivity contribution is 7.92. The summed E-state index contributed by atoms with van der Waals surface area (Å²) in [5.74, 6) is 0. The van der Waals surface area contributed by atoms with Crippen molar-refractivity contribution in [3.05, 3.63) is 24.3 Å². The summed E-state index contributed by atoms with van der Waals surface area (Å²) in [4.78, 5) is 0. The van der Waals surface area contributed by atoms with Gasteiger partial charge in [0, 0.05) is 19.3 Å². The Kier molecular flexibility index (Phi) is 4.92. The monoisotopic (exact) mass is 287 g/mol. The van der Waals surface area contributed by atoms with E-state index in [0.717, 1.165) is 18.5 Å². The van der Waals surface area contributed by atoms with Crippen molar-refractivity contribution in [1.29, 1.82) is 0 Å². The average molecular weight is 287 g/mol. The average Bonchev–Trinajstić information content (AvgIpc) is 2.27. The van der Waals surface area contributed by atoms with Crippen LogP contribution in [0.5, 0.6) is 0 Å². The van der Waals surface area contributed by atoms with Crippen LogP contribution in [0.1, 0.15) is 6.92 Å². The van der Waals surface area contributed by atoms with Crippen LogP contribution in [0.25, 0.3) is 0 Å². The van der Waals surface area contributed by atoms with E-state index >= 15 is 0 Å². The topological polar surface area (TPSA) is 61.4 Å². The van der Waals surface area contributed by atoms with Crippen LogP contribution in [-0.2, 0) is 10.0 Å². The Balaban J connectivity index is 2.89. The fourth-order valence-electron chi connectivity index (χ4n) is 1.31. The molecule has 5 nitrogen and oxygen atoms in total. The van der Waals surface area contributed by atoms with Crippen molar-refractivity contribution < 1.29 is 8.42 Å². The highest BCUT2D eigenvalue weighted by atomic mass is 32.2. The van der Waals surface area contributed by atoms with Gasteiger partial charge in [-0.05, 0) is 37.3 Å². The Morgan fingerprint density at radius 3 is 2.67 bits per heavy atom. The van der Waals surface area contributed by atoms with Gasteiger partial charge < -0.3 is 10.6 Å². The molecule has 0 amide bonds. The van der Waals surface area contributed by atoms with Crippen LogP contribution in [0.2, 0.25) is 0 Å². The molecule has 0 aliphatic heterocycles. The summed E-state index contributed by atoms with van der Waals surface area (Å²) in [6.45, 7) is 2.68. The fraction of sp³-hybridized carbons (Fsp3) is 0.364. The van der Waals surface area contributed by atoms with Crippen LogP contribution in [0.3, 0.4) is 0 Å². The van der Waals surface area contributed by atoms with Crippen LogP contribution in [0.4, 0.5) is 11.4 Å². The molecule has 0 saturated carbocycles. The van der Waals surface area contributed by atoms with Crippen molar-refractivity contribution in [1.82, 2.24) is 5.32 Å². The lowest BCUT2D eigenvalue weighted by Gasteiger charge is -2.18. The minimum atomic E-state index is -3.25. The Morgan fingerprint density at radius 1 is 1.44 bits per heavy atom. The Morgan fingerprint density at radius 2 is 2.11 bits per heavy atom. The number of nitrogens with one attached hydrogen (secondary N) is 2. The first kappa shape index (κ1) is 14.7. The molecule has 100 valence electrons. The van der Waals surface area contributed by atoms with Gasteiger partial charge in [0.2, 0.25) is 10.0 Å². The summed E-state index contributed by atoms with van der Waals surface area (Å²) in [6, 6.07) is 7.05. The Bertz CT molecular complexity index is 529. The quantitative estimate of drug-likeness (QED) is 0.820. The number of hydrogen-bond donors (Lipinski definition) is 2. The van der Waals surface area contributed by atoms with Crippen LogP contribution >= 0.6 is 12.2 Å². The van der Waals surface area contributed by atoms with E-state index < -0.39 is 10.0 Å². The van der Waals surface area contributed by atoms with Crippen LogP contribution in [-0.4, -0.2) is 33.4 Å². The lowest BCUT2D eigenvalue weighted by Crippen LogP contribution is -2.28. The zero-order valence-electron chi connectivity index (χ0n) is 10.6. The van der Waals surface area contributed by atoms with E-state index in [-0.39, 0.29) is 0 Å². The maximum atomic E-state index is 11.4. The number of benzene rings is 1.